The first-order valence-electron chi connectivity index (χ1n) is 7.17. The highest BCUT2D eigenvalue weighted by atomic mass is 31.2. The highest BCUT2D eigenvalue weighted by molar-refractivity contribution is 7.47. The first kappa shape index (κ1) is 20.1. The van der Waals surface area contributed by atoms with Crippen molar-refractivity contribution in [3.63, 3.8) is 0 Å². The highest BCUT2D eigenvalue weighted by Gasteiger charge is 2.17. The van der Waals surface area contributed by atoms with E-state index in [1.807, 2.05) is 18.2 Å². The number of hydrogen-bond donors (Lipinski definition) is 4. The third kappa shape index (κ3) is 6.98. The van der Waals surface area contributed by atoms with Crippen LogP contribution in [0.2, 0.25) is 0 Å². The average Bonchev–Trinajstić information content (AvgIpc) is 2.54. The number of phosphoric acid groups is 2. The molecular formula is C16H16O8P2. The molecule has 3 aromatic rings. The van der Waals surface area contributed by atoms with Gasteiger partial charge in [-0.05, 0) is 23.6 Å². The van der Waals surface area contributed by atoms with Gasteiger partial charge >= 0.3 is 15.6 Å². The molecule has 0 aliphatic heterocycles. The molecule has 0 aliphatic rings. The van der Waals surface area contributed by atoms with Crippen LogP contribution in [0.5, 0.6) is 11.5 Å². The molecule has 0 aromatic heterocycles. The number of para-hydroxylation sites is 1. The van der Waals surface area contributed by atoms with Gasteiger partial charge in [-0.1, -0.05) is 54.6 Å². The minimum Gasteiger partial charge on any atom is -0.404 e. The summed E-state index contributed by atoms with van der Waals surface area (Å²) in [6.07, 6.45) is 0. The van der Waals surface area contributed by atoms with Gasteiger partial charge in [-0.2, -0.15) is 0 Å². The number of rotatable bonds is 4. The Hall–Kier alpha value is -2.18. The molecule has 26 heavy (non-hydrogen) atoms. The van der Waals surface area contributed by atoms with Crippen molar-refractivity contribution in [2.45, 2.75) is 0 Å². The lowest BCUT2D eigenvalue weighted by Gasteiger charge is -2.09. The van der Waals surface area contributed by atoms with Gasteiger partial charge < -0.3 is 9.05 Å². The first-order chi connectivity index (χ1) is 12.1. The zero-order valence-electron chi connectivity index (χ0n) is 13.2. The van der Waals surface area contributed by atoms with Gasteiger partial charge in [0.15, 0.2) is 0 Å². The molecule has 10 heteroatoms. The minimum atomic E-state index is -4.49. The zero-order chi connectivity index (χ0) is 19.2. The van der Waals surface area contributed by atoms with Crippen LogP contribution in [0.25, 0.3) is 10.8 Å². The zero-order valence-corrected chi connectivity index (χ0v) is 15.0. The first-order valence-corrected chi connectivity index (χ1v) is 10.2. The fourth-order valence-electron chi connectivity index (χ4n) is 2.02. The smallest absolute Gasteiger partial charge is 0.404 e. The molecule has 0 amide bonds. The summed E-state index contributed by atoms with van der Waals surface area (Å²) < 4.78 is 29.8. The van der Waals surface area contributed by atoms with Crippen molar-refractivity contribution in [1.82, 2.24) is 0 Å². The molecule has 0 heterocycles. The summed E-state index contributed by atoms with van der Waals surface area (Å²) in [5, 5.41) is 1.56. The summed E-state index contributed by atoms with van der Waals surface area (Å²) >= 11 is 0. The standard InChI is InChI=1S/C10H9O4P.C6H7O4P/c11-15(12,13)14-10-7-3-5-8-4-1-2-6-9(8)10;7-11(8,9)10-6-4-2-1-3-5-6/h1-7H,(H2,11,12,13);1-5H,(H2,7,8,9). The van der Waals surface area contributed by atoms with Gasteiger partial charge in [-0.3, -0.25) is 19.6 Å². The summed E-state index contributed by atoms with van der Waals surface area (Å²) in [7, 11) is -8.88. The fraction of sp³-hybridized carbons (Fsp3) is 0. The van der Waals surface area contributed by atoms with Crippen LogP contribution in [0.4, 0.5) is 0 Å². The highest BCUT2D eigenvalue weighted by Crippen LogP contribution is 2.40. The second kappa shape index (κ2) is 8.47. The molecule has 0 radical (unpaired) electrons. The molecule has 0 atom stereocenters. The van der Waals surface area contributed by atoms with Gasteiger partial charge in [0.05, 0.1) is 0 Å². The predicted molar refractivity (Wildman–Crippen MR) is 95.7 cm³/mol. The van der Waals surface area contributed by atoms with Crippen LogP contribution in [0.15, 0.2) is 72.8 Å². The van der Waals surface area contributed by atoms with E-state index in [1.165, 1.54) is 18.2 Å². The molecule has 0 saturated carbocycles. The van der Waals surface area contributed by atoms with Crippen LogP contribution in [0.1, 0.15) is 0 Å². The third-order valence-electron chi connectivity index (χ3n) is 2.93. The van der Waals surface area contributed by atoms with E-state index in [2.05, 4.69) is 9.05 Å². The van der Waals surface area contributed by atoms with Gasteiger partial charge in [0.1, 0.15) is 11.5 Å². The summed E-state index contributed by atoms with van der Waals surface area (Å²) in [5.74, 6) is 0.363. The van der Waals surface area contributed by atoms with E-state index in [0.717, 1.165) is 5.39 Å². The van der Waals surface area contributed by atoms with Crippen molar-refractivity contribution in [1.29, 1.82) is 0 Å². The Balaban J connectivity index is 0.000000197. The molecule has 0 aliphatic carbocycles. The molecule has 0 fully saturated rings. The molecule has 0 bridgehead atoms. The maximum atomic E-state index is 10.7. The summed E-state index contributed by atoms with van der Waals surface area (Å²) in [6.45, 7) is 0. The van der Waals surface area contributed by atoms with Crippen LogP contribution < -0.4 is 9.05 Å². The Labute approximate surface area is 149 Å². The molecule has 0 saturated heterocycles. The van der Waals surface area contributed by atoms with Gasteiger partial charge in [-0.25, -0.2) is 9.13 Å². The van der Waals surface area contributed by atoms with E-state index >= 15 is 0 Å². The molecule has 0 spiro atoms. The van der Waals surface area contributed by atoms with Crippen molar-refractivity contribution in [2.75, 3.05) is 0 Å². The SMILES string of the molecule is O=P(O)(O)Oc1cccc2ccccc12.O=P(O)(O)Oc1ccccc1. The van der Waals surface area contributed by atoms with E-state index in [9.17, 15) is 9.13 Å². The Bertz CT molecular complexity index is 943. The largest absolute Gasteiger partial charge is 0.524 e. The lowest BCUT2D eigenvalue weighted by molar-refractivity contribution is 0.281. The van der Waals surface area contributed by atoms with Crippen molar-refractivity contribution in [3.8, 4) is 11.5 Å². The number of phosphoric ester groups is 2. The molecule has 3 rings (SSSR count). The van der Waals surface area contributed by atoms with Gasteiger partial charge in [-0.15, -0.1) is 0 Å². The number of hydrogen-bond acceptors (Lipinski definition) is 4. The molecule has 8 nitrogen and oxygen atoms in total. The average molecular weight is 398 g/mol. The Kier molecular flexibility index (Phi) is 6.56. The minimum absolute atomic E-state index is 0.167. The molecule has 138 valence electrons. The normalized spacial score (nSPS) is 11.4. The topological polar surface area (TPSA) is 134 Å². The Morgan fingerprint density at radius 3 is 1.77 bits per heavy atom. The van der Waals surface area contributed by atoms with E-state index in [0.29, 0.717) is 5.39 Å². The maximum Gasteiger partial charge on any atom is 0.524 e. The maximum absolute atomic E-state index is 10.7. The quantitative estimate of drug-likeness (QED) is 0.491. The lowest BCUT2D eigenvalue weighted by Crippen LogP contribution is -1.90. The lowest BCUT2D eigenvalue weighted by atomic mass is 10.1. The monoisotopic (exact) mass is 398 g/mol. The van der Waals surface area contributed by atoms with Crippen LogP contribution in [0.3, 0.4) is 0 Å². The number of benzene rings is 3. The Morgan fingerprint density at radius 1 is 0.615 bits per heavy atom. The van der Waals surface area contributed by atoms with E-state index < -0.39 is 15.6 Å². The predicted octanol–water partition coefficient (Wildman–Crippen LogP) is 3.47. The van der Waals surface area contributed by atoms with Crippen LogP contribution in [-0.2, 0) is 9.13 Å². The number of fused-ring (bicyclic) bond motifs is 1. The van der Waals surface area contributed by atoms with Gasteiger partial charge in [0.25, 0.3) is 0 Å². The van der Waals surface area contributed by atoms with Crippen molar-refractivity contribution in [2.24, 2.45) is 0 Å². The molecule has 0 unspecified atom stereocenters. The summed E-state index contributed by atoms with van der Waals surface area (Å²) in [6, 6.07) is 20.2. The van der Waals surface area contributed by atoms with Crippen molar-refractivity contribution in [3.05, 3.63) is 72.8 Å². The van der Waals surface area contributed by atoms with E-state index in [4.69, 9.17) is 19.6 Å². The summed E-state index contributed by atoms with van der Waals surface area (Å²) in [4.78, 5) is 34.2. The third-order valence-corrected chi connectivity index (χ3v) is 3.82. The Morgan fingerprint density at radius 2 is 1.15 bits per heavy atom. The van der Waals surface area contributed by atoms with E-state index in [1.54, 1.807) is 36.4 Å². The van der Waals surface area contributed by atoms with E-state index in [-0.39, 0.29) is 11.5 Å². The van der Waals surface area contributed by atoms with Crippen molar-refractivity contribution < 1.29 is 37.8 Å². The van der Waals surface area contributed by atoms with Gasteiger partial charge in [0.2, 0.25) is 0 Å². The van der Waals surface area contributed by atoms with Crippen LogP contribution in [0, 0.1) is 0 Å². The summed E-state index contributed by atoms with van der Waals surface area (Å²) in [5.41, 5.74) is 0. The van der Waals surface area contributed by atoms with Gasteiger partial charge in [0, 0.05) is 5.39 Å². The van der Waals surface area contributed by atoms with Crippen LogP contribution in [-0.4, -0.2) is 19.6 Å². The fourth-order valence-corrected chi connectivity index (χ4v) is 2.83. The second-order valence-electron chi connectivity index (χ2n) is 4.95. The van der Waals surface area contributed by atoms with Crippen LogP contribution >= 0.6 is 15.6 Å². The molecular weight excluding hydrogens is 382 g/mol. The molecule has 3 aromatic carbocycles. The van der Waals surface area contributed by atoms with Crippen molar-refractivity contribution >= 4 is 26.4 Å². The molecule has 4 N–H and O–H groups in total. The second-order valence-corrected chi connectivity index (χ2v) is 7.28.